The molecule has 0 N–H and O–H groups in total. The average molecular weight is 353 g/mol. The molecule has 2 saturated carbocycles. The van der Waals surface area contributed by atoms with Gasteiger partial charge in [-0.05, 0) is 99.7 Å². The summed E-state index contributed by atoms with van der Waals surface area (Å²) in [6, 6.07) is 3.10. The van der Waals surface area contributed by atoms with E-state index in [4.69, 9.17) is 11.6 Å². The van der Waals surface area contributed by atoms with Gasteiger partial charge in [0.2, 0.25) is 0 Å². The van der Waals surface area contributed by atoms with Gasteiger partial charge in [-0.3, -0.25) is 0 Å². The molecule has 2 aliphatic rings. The van der Waals surface area contributed by atoms with Crippen LogP contribution in [0.1, 0.15) is 68.4 Å². The fraction of sp³-hybridized carbons (Fsp3) is 0.619. The van der Waals surface area contributed by atoms with Crippen molar-refractivity contribution in [1.82, 2.24) is 0 Å². The van der Waals surface area contributed by atoms with E-state index >= 15 is 0 Å². The van der Waals surface area contributed by atoms with Gasteiger partial charge in [0, 0.05) is 11.1 Å². The molecule has 0 spiro atoms. The summed E-state index contributed by atoms with van der Waals surface area (Å²) < 4.78 is 27.6. The minimum absolute atomic E-state index is 0.134. The first-order valence-electron chi connectivity index (χ1n) is 9.31. The Hall–Kier alpha value is -0.890. The average Bonchev–Trinajstić information content (AvgIpc) is 2.60. The molecular formula is C21H27ClF2. The molecular weight excluding hydrogens is 326 g/mol. The van der Waals surface area contributed by atoms with Crippen LogP contribution in [-0.4, -0.2) is 0 Å². The van der Waals surface area contributed by atoms with Gasteiger partial charge < -0.3 is 0 Å². The molecule has 0 atom stereocenters. The highest BCUT2D eigenvalue weighted by Gasteiger charge is 2.31. The second-order valence-corrected chi connectivity index (χ2v) is 7.97. The zero-order chi connectivity index (χ0) is 17.1. The number of hydrogen-bond donors (Lipinski definition) is 0. The lowest BCUT2D eigenvalue weighted by Crippen LogP contribution is -2.25. The number of halogens is 3. The zero-order valence-corrected chi connectivity index (χ0v) is 15.2. The number of rotatable bonds is 3. The molecule has 0 aliphatic heterocycles. The largest absolute Gasteiger partial charge is 0.207 e. The summed E-state index contributed by atoms with van der Waals surface area (Å²) in [4.78, 5) is 0. The molecule has 0 nitrogen and oxygen atoms in total. The Morgan fingerprint density at radius 3 is 1.88 bits per heavy atom. The minimum Gasteiger partial charge on any atom is -0.207 e. The van der Waals surface area contributed by atoms with Crippen molar-refractivity contribution in [1.29, 1.82) is 0 Å². The maximum atomic E-state index is 13.8. The summed E-state index contributed by atoms with van der Waals surface area (Å²) in [6.07, 6.45) is 11.8. The Kier molecular flexibility index (Phi) is 5.97. The minimum atomic E-state index is -0.405. The first-order valence-corrected chi connectivity index (χ1v) is 9.74. The normalized spacial score (nSPS) is 31.5. The van der Waals surface area contributed by atoms with Crippen molar-refractivity contribution in [3.05, 3.63) is 46.5 Å². The monoisotopic (exact) mass is 352 g/mol. The van der Waals surface area contributed by atoms with E-state index in [1.165, 1.54) is 45.4 Å². The van der Waals surface area contributed by atoms with E-state index in [0.29, 0.717) is 11.8 Å². The van der Waals surface area contributed by atoms with Crippen LogP contribution in [-0.2, 0) is 0 Å². The van der Waals surface area contributed by atoms with Crippen LogP contribution in [0.15, 0.2) is 23.7 Å². The summed E-state index contributed by atoms with van der Waals surface area (Å²) in [5.41, 5.74) is 2.65. The van der Waals surface area contributed by atoms with Crippen LogP contribution >= 0.6 is 11.6 Å². The van der Waals surface area contributed by atoms with Gasteiger partial charge in [-0.1, -0.05) is 17.7 Å². The van der Waals surface area contributed by atoms with Crippen LogP contribution in [0.3, 0.4) is 0 Å². The highest BCUT2D eigenvalue weighted by Crippen LogP contribution is 2.44. The third-order valence-electron chi connectivity index (χ3n) is 6.37. The van der Waals surface area contributed by atoms with E-state index in [2.05, 4.69) is 6.08 Å². The standard InChI is InChI=1S/C21H27ClF2/c1-14-20(23)12-19(13-21(14)24)18-8-6-17(7-9-18)16-4-2-15(3-5-16)10-11-22/h10-13,15-18H,2-9H2,1H3. The van der Waals surface area contributed by atoms with Crippen molar-refractivity contribution >= 4 is 11.6 Å². The Morgan fingerprint density at radius 2 is 1.38 bits per heavy atom. The summed E-state index contributed by atoms with van der Waals surface area (Å²) in [5, 5.41) is 0. The maximum absolute atomic E-state index is 13.8. The van der Waals surface area contributed by atoms with Crippen molar-refractivity contribution in [2.75, 3.05) is 0 Å². The van der Waals surface area contributed by atoms with Crippen molar-refractivity contribution in [2.24, 2.45) is 17.8 Å². The first kappa shape index (κ1) is 17.9. The van der Waals surface area contributed by atoms with Crippen LogP contribution in [0.5, 0.6) is 0 Å². The summed E-state index contributed by atoms with van der Waals surface area (Å²) in [7, 11) is 0. The van der Waals surface area contributed by atoms with Gasteiger partial charge in [-0.2, -0.15) is 0 Å². The molecule has 3 rings (SSSR count). The number of benzene rings is 1. The molecule has 0 radical (unpaired) electrons. The lowest BCUT2D eigenvalue weighted by Gasteiger charge is -2.37. The zero-order valence-electron chi connectivity index (χ0n) is 14.4. The second kappa shape index (κ2) is 7.99. The lowest BCUT2D eigenvalue weighted by atomic mass is 9.68. The molecule has 0 saturated heterocycles. The molecule has 1 aromatic rings. The van der Waals surface area contributed by atoms with E-state index in [1.807, 2.05) is 0 Å². The molecule has 0 unspecified atom stereocenters. The van der Waals surface area contributed by atoms with Gasteiger partial charge in [0.1, 0.15) is 11.6 Å². The van der Waals surface area contributed by atoms with Gasteiger partial charge in [0.15, 0.2) is 0 Å². The van der Waals surface area contributed by atoms with Crippen molar-refractivity contribution < 1.29 is 8.78 Å². The highest BCUT2D eigenvalue weighted by atomic mass is 35.5. The van der Waals surface area contributed by atoms with Crippen molar-refractivity contribution in [3.63, 3.8) is 0 Å². The second-order valence-electron chi connectivity index (χ2n) is 7.71. The molecule has 24 heavy (non-hydrogen) atoms. The van der Waals surface area contributed by atoms with Gasteiger partial charge in [0.05, 0.1) is 0 Å². The van der Waals surface area contributed by atoms with E-state index in [9.17, 15) is 8.78 Å². The third kappa shape index (κ3) is 4.02. The molecule has 0 bridgehead atoms. The van der Waals surface area contributed by atoms with Gasteiger partial charge >= 0.3 is 0 Å². The van der Waals surface area contributed by atoms with Crippen molar-refractivity contribution in [2.45, 2.75) is 64.2 Å². The van der Waals surface area contributed by atoms with Gasteiger partial charge in [0.25, 0.3) is 0 Å². The van der Waals surface area contributed by atoms with Gasteiger partial charge in [-0.25, -0.2) is 8.78 Å². The number of allylic oxidation sites excluding steroid dienone is 1. The predicted molar refractivity (Wildman–Crippen MR) is 96.2 cm³/mol. The van der Waals surface area contributed by atoms with Crippen LogP contribution in [0.25, 0.3) is 0 Å². The predicted octanol–water partition coefficient (Wildman–Crippen LogP) is 7.11. The molecule has 0 aromatic heterocycles. The SMILES string of the molecule is Cc1c(F)cc(C2CCC(C3CCC(C=CCl)CC3)CC2)cc1F. The van der Waals surface area contributed by atoms with Crippen molar-refractivity contribution in [3.8, 4) is 0 Å². The van der Waals surface area contributed by atoms with E-state index in [1.54, 1.807) is 17.7 Å². The first-order chi connectivity index (χ1) is 11.6. The fourth-order valence-electron chi connectivity index (χ4n) is 4.74. The van der Waals surface area contributed by atoms with E-state index in [0.717, 1.165) is 30.2 Å². The Balaban J connectivity index is 1.55. The molecule has 1 aromatic carbocycles. The molecule has 0 heterocycles. The Bertz CT molecular complexity index is 556. The topological polar surface area (TPSA) is 0 Å². The Labute approximate surface area is 149 Å². The molecule has 132 valence electrons. The lowest BCUT2D eigenvalue weighted by molar-refractivity contribution is 0.171. The smallest absolute Gasteiger partial charge is 0.129 e. The number of hydrogen-bond acceptors (Lipinski definition) is 0. The Morgan fingerprint density at radius 1 is 0.875 bits per heavy atom. The maximum Gasteiger partial charge on any atom is 0.129 e. The molecule has 2 fully saturated rings. The molecule has 2 aliphatic carbocycles. The third-order valence-corrected chi connectivity index (χ3v) is 6.52. The summed E-state index contributed by atoms with van der Waals surface area (Å²) in [6.45, 7) is 1.50. The van der Waals surface area contributed by atoms with Gasteiger partial charge in [-0.15, -0.1) is 0 Å². The molecule has 3 heteroatoms. The molecule has 0 amide bonds. The summed E-state index contributed by atoms with van der Waals surface area (Å²) in [5.74, 6) is 1.80. The highest BCUT2D eigenvalue weighted by molar-refractivity contribution is 6.25. The fourth-order valence-corrected chi connectivity index (χ4v) is 4.94. The van der Waals surface area contributed by atoms with E-state index < -0.39 is 11.6 Å². The van der Waals surface area contributed by atoms with Crippen LogP contribution in [0.2, 0.25) is 0 Å². The summed E-state index contributed by atoms with van der Waals surface area (Å²) >= 11 is 5.69. The van der Waals surface area contributed by atoms with Crippen LogP contribution < -0.4 is 0 Å². The van der Waals surface area contributed by atoms with Crippen LogP contribution in [0, 0.1) is 36.3 Å². The van der Waals surface area contributed by atoms with E-state index in [-0.39, 0.29) is 5.56 Å². The quantitative estimate of drug-likeness (QED) is 0.543. The van der Waals surface area contributed by atoms with Crippen LogP contribution in [0.4, 0.5) is 8.78 Å².